The molecule has 0 radical (unpaired) electrons. The highest BCUT2D eigenvalue weighted by molar-refractivity contribution is 5.80. The first-order valence-electron chi connectivity index (χ1n) is 6.87. The van der Waals surface area contributed by atoms with Crippen LogP contribution in [0, 0.1) is 17.8 Å². The van der Waals surface area contributed by atoms with Crippen molar-refractivity contribution in [3.05, 3.63) is 53.9 Å². The van der Waals surface area contributed by atoms with E-state index in [0.717, 1.165) is 16.9 Å². The zero-order valence-electron chi connectivity index (χ0n) is 12.2. The van der Waals surface area contributed by atoms with Gasteiger partial charge >= 0.3 is 0 Å². The molecule has 0 aromatic heterocycles. The van der Waals surface area contributed by atoms with Crippen LogP contribution in [0.15, 0.2) is 48.3 Å². The SMILES string of the molecule is CC(C)C(=O)NC1=CC(C#Cc2ccc(N)cc2)NC=C1. The minimum atomic E-state index is -0.130. The van der Waals surface area contributed by atoms with Crippen molar-refractivity contribution in [1.29, 1.82) is 0 Å². The summed E-state index contributed by atoms with van der Waals surface area (Å²) >= 11 is 0. The van der Waals surface area contributed by atoms with Gasteiger partial charge < -0.3 is 16.4 Å². The maximum Gasteiger partial charge on any atom is 0.226 e. The van der Waals surface area contributed by atoms with Crippen molar-refractivity contribution in [3.8, 4) is 11.8 Å². The molecule has 1 heterocycles. The molecule has 108 valence electrons. The van der Waals surface area contributed by atoms with Gasteiger partial charge in [-0.25, -0.2) is 0 Å². The number of benzene rings is 1. The quantitative estimate of drug-likeness (QED) is 0.571. The summed E-state index contributed by atoms with van der Waals surface area (Å²) in [6.07, 6.45) is 5.50. The second-order valence-electron chi connectivity index (χ2n) is 5.13. The first-order chi connectivity index (χ1) is 10.0. The number of amides is 1. The molecule has 1 atom stereocenters. The van der Waals surface area contributed by atoms with E-state index in [1.165, 1.54) is 0 Å². The third-order valence-electron chi connectivity index (χ3n) is 2.96. The molecule has 1 aliphatic heterocycles. The summed E-state index contributed by atoms with van der Waals surface area (Å²) in [5.41, 5.74) is 8.03. The van der Waals surface area contributed by atoms with E-state index in [4.69, 9.17) is 5.73 Å². The van der Waals surface area contributed by atoms with E-state index >= 15 is 0 Å². The fourth-order valence-corrected chi connectivity index (χ4v) is 1.71. The van der Waals surface area contributed by atoms with Gasteiger partial charge in [-0.05, 0) is 42.6 Å². The lowest BCUT2D eigenvalue weighted by Gasteiger charge is -2.16. The Balaban J connectivity index is 2.05. The summed E-state index contributed by atoms with van der Waals surface area (Å²) in [4.78, 5) is 11.7. The fourth-order valence-electron chi connectivity index (χ4n) is 1.71. The van der Waals surface area contributed by atoms with Crippen LogP contribution in [0.4, 0.5) is 5.69 Å². The Bertz CT molecular complexity index is 630. The Labute approximate surface area is 125 Å². The summed E-state index contributed by atoms with van der Waals surface area (Å²) in [7, 11) is 0. The molecule has 1 aromatic rings. The molecule has 0 saturated heterocycles. The molecule has 0 spiro atoms. The topological polar surface area (TPSA) is 67.2 Å². The van der Waals surface area contributed by atoms with Crippen LogP contribution in [0.25, 0.3) is 0 Å². The van der Waals surface area contributed by atoms with E-state index in [2.05, 4.69) is 22.5 Å². The highest BCUT2D eigenvalue weighted by Crippen LogP contribution is 2.06. The molecular formula is C17H19N3O. The van der Waals surface area contributed by atoms with Gasteiger partial charge in [0.15, 0.2) is 0 Å². The van der Waals surface area contributed by atoms with E-state index in [1.807, 2.05) is 50.3 Å². The maximum absolute atomic E-state index is 11.7. The molecule has 0 saturated carbocycles. The number of carbonyl (C=O) groups is 1. The summed E-state index contributed by atoms with van der Waals surface area (Å²) in [6.45, 7) is 3.72. The molecule has 1 unspecified atom stereocenters. The van der Waals surface area contributed by atoms with Gasteiger partial charge in [-0.3, -0.25) is 4.79 Å². The normalized spacial score (nSPS) is 16.5. The monoisotopic (exact) mass is 281 g/mol. The second kappa shape index (κ2) is 6.67. The number of rotatable bonds is 2. The summed E-state index contributed by atoms with van der Waals surface area (Å²) in [5, 5.41) is 5.99. The molecular weight excluding hydrogens is 262 g/mol. The minimum Gasteiger partial charge on any atom is -0.399 e. The largest absolute Gasteiger partial charge is 0.399 e. The number of hydrogen-bond acceptors (Lipinski definition) is 3. The maximum atomic E-state index is 11.7. The van der Waals surface area contributed by atoms with E-state index < -0.39 is 0 Å². The Kier molecular flexibility index (Phi) is 4.68. The molecule has 1 aromatic carbocycles. The van der Waals surface area contributed by atoms with Crippen molar-refractivity contribution in [2.45, 2.75) is 19.9 Å². The Hall–Kier alpha value is -2.67. The average Bonchev–Trinajstić information content (AvgIpc) is 2.47. The molecule has 4 N–H and O–H groups in total. The molecule has 0 bridgehead atoms. The number of carbonyl (C=O) groups excluding carboxylic acids is 1. The number of nitrogens with one attached hydrogen (secondary N) is 2. The highest BCUT2D eigenvalue weighted by Gasteiger charge is 2.10. The van der Waals surface area contributed by atoms with Gasteiger partial charge in [0.1, 0.15) is 6.04 Å². The Morgan fingerprint density at radius 1 is 1.33 bits per heavy atom. The van der Waals surface area contributed by atoms with Crippen LogP contribution in [0.2, 0.25) is 0 Å². The van der Waals surface area contributed by atoms with Crippen LogP contribution in [-0.4, -0.2) is 11.9 Å². The van der Waals surface area contributed by atoms with Gasteiger partial charge in [-0.2, -0.15) is 0 Å². The predicted molar refractivity (Wildman–Crippen MR) is 84.9 cm³/mol. The van der Waals surface area contributed by atoms with E-state index in [9.17, 15) is 4.79 Å². The standard InChI is InChI=1S/C17H19N3O/c1-12(2)17(21)20-16-9-10-19-15(11-16)8-5-13-3-6-14(18)7-4-13/h3-4,6-7,9-12,15,19H,18H2,1-2H3,(H,20,21). The van der Waals surface area contributed by atoms with Crippen LogP contribution < -0.4 is 16.4 Å². The Morgan fingerprint density at radius 2 is 2.05 bits per heavy atom. The van der Waals surface area contributed by atoms with E-state index in [1.54, 1.807) is 6.20 Å². The van der Waals surface area contributed by atoms with Crippen LogP contribution in [0.1, 0.15) is 19.4 Å². The highest BCUT2D eigenvalue weighted by atomic mass is 16.1. The predicted octanol–water partition coefficient (Wildman–Crippen LogP) is 1.76. The zero-order chi connectivity index (χ0) is 15.2. The van der Waals surface area contributed by atoms with Gasteiger partial charge in [0.25, 0.3) is 0 Å². The van der Waals surface area contributed by atoms with Gasteiger partial charge in [0.2, 0.25) is 5.91 Å². The number of hydrogen-bond donors (Lipinski definition) is 3. The van der Waals surface area contributed by atoms with Crippen molar-refractivity contribution >= 4 is 11.6 Å². The van der Waals surface area contributed by atoms with Crippen LogP contribution in [-0.2, 0) is 4.79 Å². The third-order valence-corrected chi connectivity index (χ3v) is 2.96. The lowest BCUT2D eigenvalue weighted by atomic mass is 10.1. The first-order valence-corrected chi connectivity index (χ1v) is 6.87. The van der Waals surface area contributed by atoms with Gasteiger partial charge in [-0.1, -0.05) is 25.7 Å². The summed E-state index contributed by atoms with van der Waals surface area (Å²) in [5.74, 6) is 6.14. The summed E-state index contributed by atoms with van der Waals surface area (Å²) in [6, 6.07) is 7.28. The number of nitrogen functional groups attached to an aromatic ring is 1. The molecule has 1 amide bonds. The van der Waals surface area contributed by atoms with Crippen LogP contribution in [0.3, 0.4) is 0 Å². The molecule has 21 heavy (non-hydrogen) atoms. The molecule has 1 aliphatic rings. The number of nitrogens with two attached hydrogens (primary N) is 1. The number of anilines is 1. The fraction of sp³-hybridized carbons (Fsp3) is 0.235. The van der Waals surface area contributed by atoms with Gasteiger partial charge in [-0.15, -0.1) is 0 Å². The molecule has 4 heteroatoms. The zero-order valence-corrected chi connectivity index (χ0v) is 12.2. The molecule has 2 rings (SSSR count). The van der Waals surface area contributed by atoms with Gasteiger partial charge in [0.05, 0.1) is 0 Å². The van der Waals surface area contributed by atoms with Crippen molar-refractivity contribution in [2.24, 2.45) is 5.92 Å². The minimum absolute atomic E-state index is 0.00181. The van der Waals surface area contributed by atoms with Crippen molar-refractivity contribution < 1.29 is 4.79 Å². The lowest BCUT2D eigenvalue weighted by Crippen LogP contribution is -2.31. The second-order valence-corrected chi connectivity index (χ2v) is 5.13. The van der Waals surface area contributed by atoms with Crippen molar-refractivity contribution in [2.75, 3.05) is 5.73 Å². The van der Waals surface area contributed by atoms with Crippen LogP contribution >= 0.6 is 0 Å². The third kappa shape index (κ3) is 4.43. The molecule has 0 fully saturated rings. The average molecular weight is 281 g/mol. The van der Waals surface area contributed by atoms with E-state index in [-0.39, 0.29) is 17.9 Å². The van der Waals surface area contributed by atoms with Gasteiger partial charge in [0, 0.05) is 22.9 Å². The number of allylic oxidation sites excluding steroid dienone is 1. The first kappa shape index (κ1) is 14.7. The van der Waals surface area contributed by atoms with Crippen molar-refractivity contribution in [3.63, 3.8) is 0 Å². The molecule has 4 nitrogen and oxygen atoms in total. The van der Waals surface area contributed by atoms with Crippen molar-refractivity contribution in [1.82, 2.24) is 10.6 Å². The summed E-state index contributed by atoms with van der Waals surface area (Å²) < 4.78 is 0. The van der Waals surface area contributed by atoms with E-state index in [0.29, 0.717) is 0 Å². The van der Waals surface area contributed by atoms with Crippen LogP contribution in [0.5, 0.6) is 0 Å². The smallest absolute Gasteiger partial charge is 0.226 e. The lowest BCUT2D eigenvalue weighted by molar-refractivity contribution is -0.123. The number of dihydropyridines is 1. The Morgan fingerprint density at radius 3 is 2.71 bits per heavy atom. The molecule has 0 aliphatic carbocycles.